The molecule has 0 radical (unpaired) electrons. The molecule has 116 valence electrons. The number of aryl methyl sites for hydroxylation is 1. The van der Waals surface area contributed by atoms with Crippen LogP contribution in [0.2, 0.25) is 0 Å². The molecule has 0 fully saturated rings. The predicted octanol–water partition coefficient (Wildman–Crippen LogP) is 3.77. The van der Waals surface area contributed by atoms with Gasteiger partial charge in [0.15, 0.2) is 6.04 Å². The second-order valence-corrected chi connectivity index (χ2v) is 4.96. The summed E-state index contributed by atoms with van der Waals surface area (Å²) in [6.45, 7) is 1.74. The van der Waals surface area contributed by atoms with E-state index in [1.165, 1.54) is 36.5 Å². The van der Waals surface area contributed by atoms with Gasteiger partial charge in [-0.2, -0.15) is 13.2 Å². The Morgan fingerprint density at radius 2 is 1.77 bits per heavy atom. The van der Waals surface area contributed by atoms with Gasteiger partial charge in [0, 0.05) is 18.9 Å². The van der Waals surface area contributed by atoms with Crippen molar-refractivity contribution in [2.75, 3.05) is 7.05 Å². The van der Waals surface area contributed by atoms with Crippen LogP contribution in [0, 0.1) is 6.92 Å². The minimum Gasteiger partial charge on any atom is -0.326 e. The second kappa shape index (κ2) is 6.17. The van der Waals surface area contributed by atoms with Gasteiger partial charge in [0.25, 0.3) is 5.91 Å². The third-order valence-electron chi connectivity index (χ3n) is 3.29. The Morgan fingerprint density at radius 3 is 2.27 bits per heavy atom. The molecule has 0 unspecified atom stereocenters. The molecule has 0 bridgehead atoms. The van der Waals surface area contributed by atoms with E-state index in [9.17, 15) is 18.0 Å². The van der Waals surface area contributed by atoms with E-state index in [0.717, 1.165) is 7.05 Å². The van der Waals surface area contributed by atoms with Crippen molar-refractivity contribution >= 4 is 5.91 Å². The second-order valence-electron chi connectivity index (χ2n) is 4.96. The minimum absolute atomic E-state index is 0.0194. The van der Waals surface area contributed by atoms with Crippen LogP contribution in [0.25, 0.3) is 0 Å². The van der Waals surface area contributed by atoms with Crippen molar-refractivity contribution < 1.29 is 18.0 Å². The number of hydrogen-bond donors (Lipinski definition) is 0. The Labute approximate surface area is 126 Å². The molecule has 2 aromatic rings. The lowest BCUT2D eigenvalue weighted by Gasteiger charge is -2.30. The Balaban J connectivity index is 2.36. The molecule has 22 heavy (non-hydrogen) atoms. The zero-order chi connectivity index (χ0) is 16.3. The van der Waals surface area contributed by atoms with Crippen LogP contribution in [-0.2, 0) is 0 Å². The molecule has 2 rings (SSSR count). The predicted molar refractivity (Wildman–Crippen MR) is 76.3 cm³/mol. The van der Waals surface area contributed by atoms with Crippen molar-refractivity contribution in [2.45, 2.75) is 19.1 Å². The number of aromatic nitrogens is 1. The summed E-state index contributed by atoms with van der Waals surface area (Å²) in [6.07, 6.45) is -3.28. The molecule has 3 nitrogen and oxygen atoms in total. The van der Waals surface area contributed by atoms with Crippen LogP contribution in [-0.4, -0.2) is 29.0 Å². The van der Waals surface area contributed by atoms with Gasteiger partial charge in [-0.15, -0.1) is 0 Å². The molecule has 0 aliphatic carbocycles. The third kappa shape index (κ3) is 3.44. The van der Waals surface area contributed by atoms with Crippen molar-refractivity contribution in [3.05, 3.63) is 65.5 Å². The summed E-state index contributed by atoms with van der Waals surface area (Å²) >= 11 is 0. The van der Waals surface area contributed by atoms with Crippen molar-refractivity contribution in [2.24, 2.45) is 0 Å². The van der Waals surface area contributed by atoms with Crippen molar-refractivity contribution in [1.82, 2.24) is 9.88 Å². The number of rotatable bonds is 3. The number of benzene rings is 1. The SMILES string of the molecule is Cc1ccc(C(=O)N(C)[C@H](c2ccccc2)C(F)(F)F)cn1. The fraction of sp³-hybridized carbons (Fsp3) is 0.250. The molecule has 1 amide bonds. The number of pyridine rings is 1. The molecule has 0 saturated heterocycles. The highest BCUT2D eigenvalue weighted by Gasteiger charge is 2.45. The lowest BCUT2D eigenvalue weighted by atomic mass is 10.0. The van der Waals surface area contributed by atoms with E-state index in [4.69, 9.17) is 0 Å². The van der Waals surface area contributed by atoms with Crippen LogP contribution in [0.15, 0.2) is 48.7 Å². The maximum Gasteiger partial charge on any atom is 0.413 e. The highest BCUT2D eigenvalue weighted by molar-refractivity contribution is 5.94. The van der Waals surface area contributed by atoms with Crippen molar-refractivity contribution in [1.29, 1.82) is 0 Å². The van der Waals surface area contributed by atoms with E-state index in [0.29, 0.717) is 10.6 Å². The quantitative estimate of drug-likeness (QED) is 0.865. The lowest BCUT2D eigenvalue weighted by Crippen LogP contribution is -2.39. The van der Waals surface area contributed by atoms with E-state index in [2.05, 4.69) is 4.98 Å². The molecule has 1 aromatic carbocycles. The maximum absolute atomic E-state index is 13.4. The van der Waals surface area contributed by atoms with Crippen LogP contribution in [0.4, 0.5) is 13.2 Å². The molecule has 0 saturated carbocycles. The van der Waals surface area contributed by atoms with Gasteiger partial charge in [-0.3, -0.25) is 9.78 Å². The van der Waals surface area contributed by atoms with E-state index >= 15 is 0 Å². The highest BCUT2D eigenvalue weighted by Crippen LogP contribution is 2.37. The van der Waals surface area contributed by atoms with E-state index in [1.807, 2.05) is 0 Å². The first-order valence-corrected chi connectivity index (χ1v) is 6.62. The summed E-state index contributed by atoms with van der Waals surface area (Å²) in [7, 11) is 1.15. The first-order chi connectivity index (χ1) is 10.3. The minimum atomic E-state index is -4.57. The average Bonchev–Trinajstić information content (AvgIpc) is 2.47. The van der Waals surface area contributed by atoms with Crippen LogP contribution >= 0.6 is 0 Å². The van der Waals surface area contributed by atoms with Gasteiger partial charge in [0.05, 0.1) is 5.56 Å². The summed E-state index contributed by atoms with van der Waals surface area (Å²) in [5.41, 5.74) is 0.832. The number of carbonyl (C=O) groups excluding carboxylic acids is 1. The van der Waals surface area contributed by atoms with Crippen molar-refractivity contribution in [3.63, 3.8) is 0 Å². The van der Waals surface area contributed by atoms with Crippen LogP contribution in [0.3, 0.4) is 0 Å². The molecular weight excluding hydrogens is 293 g/mol. The van der Waals surface area contributed by atoms with Crippen molar-refractivity contribution in [3.8, 4) is 0 Å². The number of hydrogen-bond acceptors (Lipinski definition) is 2. The van der Waals surface area contributed by atoms with Gasteiger partial charge in [-0.05, 0) is 24.6 Å². The number of amides is 1. The standard InChI is InChI=1S/C16H15F3N2O/c1-11-8-9-13(10-20-11)15(22)21(2)14(16(17,18)19)12-6-4-3-5-7-12/h3-10,14H,1-2H3/t14-/m1/s1. The average molecular weight is 308 g/mol. The largest absolute Gasteiger partial charge is 0.413 e. The van der Waals surface area contributed by atoms with Crippen LogP contribution in [0.5, 0.6) is 0 Å². The lowest BCUT2D eigenvalue weighted by molar-refractivity contribution is -0.176. The third-order valence-corrected chi connectivity index (χ3v) is 3.29. The maximum atomic E-state index is 13.4. The smallest absolute Gasteiger partial charge is 0.326 e. The Kier molecular flexibility index (Phi) is 4.49. The summed E-state index contributed by atoms with van der Waals surface area (Å²) in [5.74, 6) is -0.723. The molecule has 0 spiro atoms. The van der Waals surface area contributed by atoms with Gasteiger partial charge in [0.1, 0.15) is 0 Å². The fourth-order valence-corrected chi connectivity index (χ4v) is 2.18. The van der Waals surface area contributed by atoms with Crippen LogP contribution < -0.4 is 0 Å². The molecule has 1 heterocycles. The number of carbonyl (C=O) groups is 1. The zero-order valence-corrected chi connectivity index (χ0v) is 12.1. The Bertz CT molecular complexity index is 639. The first-order valence-electron chi connectivity index (χ1n) is 6.62. The monoisotopic (exact) mass is 308 g/mol. The van der Waals surface area contributed by atoms with Crippen LogP contribution in [0.1, 0.15) is 27.7 Å². The van der Waals surface area contributed by atoms with Gasteiger partial charge in [-0.25, -0.2) is 0 Å². The Hall–Kier alpha value is -2.37. The normalized spacial score (nSPS) is 12.8. The van der Waals surface area contributed by atoms with E-state index < -0.39 is 18.1 Å². The zero-order valence-electron chi connectivity index (χ0n) is 12.1. The molecule has 1 atom stereocenters. The number of halogens is 3. The van der Waals surface area contributed by atoms with Gasteiger partial charge < -0.3 is 4.90 Å². The summed E-state index contributed by atoms with van der Waals surface area (Å²) in [5, 5.41) is 0. The number of nitrogens with zero attached hydrogens (tertiary/aromatic N) is 2. The molecule has 0 aliphatic rings. The van der Waals surface area contributed by atoms with Gasteiger partial charge in [0.2, 0.25) is 0 Å². The van der Waals surface area contributed by atoms with E-state index in [1.54, 1.807) is 19.1 Å². The molecular formula is C16H15F3N2O. The molecule has 0 N–H and O–H groups in total. The first kappa shape index (κ1) is 16.0. The highest BCUT2D eigenvalue weighted by atomic mass is 19.4. The Morgan fingerprint density at radius 1 is 1.14 bits per heavy atom. The summed E-state index contributed by atoms with van der Waals surface area (Å²) < 4.78 is 40.2. The molecule has 0 aliphatic heterocycles. The molecule has 1 aromatic heterocycles. The fourth-order valence-electron chi connectivity index (χ4n) is 2.18. The van der Waals surface area contributed by atoms with E-state index in [-0.39, 0.29) is 11.1 Å². The van der Waals surface area contributed by atoms with Gasteiger partial charge >= 0.3 is 6.18 Å². The van der Waals surface area contributed by atoms with Gasteiger partial charge in [-0.1, -0.05) is 30.3 Å². The topological polar surface area (TPSA) is 33.2 Å². The molecule has 6 heteroatoms. The summed E-state index contributed by atoms with van der Waals surface area (Å²) in [6, 6.07) is 8.43. The summed E-state index contributed by atoms with van der Waals surface area (Å²) in [4.78, 5) is 16.9. The number of alkyl halides is 3.